The highest BCUT2D eigenvalue weighted by molar-refractivity contribution is 7.14. The van der Waals surface area contributed by atoms with Crippen molar-refractivity contribution in [2.75, 3.05) is 61.1 Å². The van der Waals surface area contributed by atoms with Gasteiger partial charge in [-0.3, -0.25) is 9.69 Å². The predicted molar refractivity (Wildman–Crippen MR) is 191 cm³/mol. The minimum absolute atomic E-state index is 0.139. The molecule has 13 heteroatoms. The normalized spacial score (nSPS) is 19.2. The van der Waals surface area contributed by atoms with Gasteiger partial charge in [-0.25, -0.2) is 18.9 Å². The number of ether oxygens (including phenoxy) is 1. The number of amides is 1. The van der Waals surface area contributed by atoms with E-state index in [0.29, 0.717) is 58.7 Å². The molecule has 4 aromatic heterocycles. The molecule has 1 aliphatic carbocycles. The second-order valence-electron chi connectivity index (χ2n) is 14.5. The van der Waals surface area contributed by atoms with Crippen molar-refractivity contribution in [3.63, 3.8) is 0 Å². The number of nitrogens with zero attached hydrogens (tertiary/aromatic N) is 7. The van der Waals surface area contributed by atoms with Crippen LogP contribution in [0.3, 0.4) is 0 Å². The summed E-state index contributed by atoms with van der Waals surface area (Å²) in [4.78, 5) is 31.7. The Kier molecular flexibility index (Phi) is 7.64. The zero-order chi connectivity index (χ0) is 34.1. The Morgan fingerprint density at radius 1 is 1.06 bits per heavy atom. The molecule has 0 spiro atoms. The third kappa shape index (κ3) is 5.43. The smallest absolute Gasteiger partial charge is 0.268 e. The van der Waals surface area contributed by atoms with Crippen LogP contribution in [0, 0.1) is 11.2 Å². The number of fused-ring (bicyclic) bond motifs is 4. The van der Waals surface area contributed by atoms with E-state index in [-0.39, 0.29) is 11.3 Å². The van der Waals surface area contributed by atoms with Gasteiger partial charge in [-0.2, -0.15) is 5.10 Å². The highest BCUT2D eigenvalue weighted by Crippen LogP contribution is 2.46. The molecule has 5 aromatic rings. The van der Waals surface area contributed by atoms with Crippen molar-refractivity contribution in [3.05, 3.63) is 81.2 Å². The minimum atomic E-state index is -0.512. The number of anilines is 4. The predicted octanol–water partition coefficient (Wildman–Crippen LogP) is 5.08. The first kappa shape index (κ1) is 31.5. The molecule has 258 valence electrons. The van der Waals surface area contributed by atoms with E-state index >= 15 is 4.39 Å². The lowest BCUT2D eigenvalue weighted by Gasteiger charge is -2.43. The largest absolute Gasteiger partial charge is 0.392 e. The van der Waals surface area contributed by atoms with Gasteiger partial charge >= 0.3 is 0 Å². The molecule has 0 bridgehead atoms. The molecule has 1 amide bonds. The van der Waals surface area contributed by atoms with E-state index in [2.05, 4.69) is 40.0 Å². The fourth-order valence-electron chi connectivity index (χ4n) is 7.95. The number of aliphatic hydroxyl groups is 1. The van der Waals surface area contributed by atoms with Crippen molar-refractivity contribution < 1.29 is 19.0 Å². The number of carbonyl (C=O) groups excluding carboxylic acids is 1. The van der Waals surface area contributed by atoms with Gasteiger partial charge in [-0.1, -0.05) is 13.8 Å². The standard InChI is InChI=1S/C37H39FN8O3S/c1-37(2)16-27-25-5-7-45(36(48)34(25)50-32(27)17-37)31-14-22(38)13-26(28(31)19-47)29-15-30(35-39-6-8-46(35)42-29)41-33-4-3-23(18-40-33)43-9-11-44(12-10-43)24-20-49-21-24/h3-4,6,8,13-15,18,24,47H,5,7,9-12,16-17,19-21H2,1-2H3,(H,40,41). The number of pyridine rings is 1. The summed E-state index contributed by atoms with van der Waals surface area (Å²) < 4.78 is 22.5. The van der Waals surface area contributed by atoms with Gasteiger partial charge in [0.25, 0.3) is 5.91 Å². The number of aromatic nitrogens is 4. The zero-order valence-corrected chi connectivity index (χ0v) is 29.0. The number of thiophene rings is 1. The number of imidazole rings is 1. The van der Waals surface area contributed by atoms with Crippen molar-refractivity contribution in [3.8, 4) is 11.3 Å². The van der Waals surface area contributed by atoms with Crippen molar-refractivity contribution in [2.45, 2.75) is 45.8 Å². The summed E-state index contributed by atoms with van der Waals surface area (Å²) in [5, 5.41) is 18.9. The molecule has 50 heavy (non-hydrogen) atoms. The van der Waals surface area contributed by atoms with E-state index in [4.69, 9.17) is 14.8 Å². The van der Waals surface area contributed by atoms with Crippen LogP contribution in [0.25, 0.3) is 16.9 Å². The van der Waals surface area contributed by atoms with Crippen LogP contribution in [0.5, 0.6) is 0 Å². The van der Waals surface area contributed by atoms with Crippen molar-refractivity contribution in [2.24, 2.45) is 5.41 Å². The average molecular weight is 695 g/mol. The third-order valence-electron chi connectivity index (χ3n) is 10.6. The first-order valence-electron chi connectivity index (χ1n) is 17.3. The number of halogens is 1. The van der Waals surface area contributed by atoms with E-state index < -0.39 is 12.4 Å². The highest BCUT2D eigenvalue weighted by Gasteiger charge is 2.39. The van der Waals surface area contributed by atoms with Crippen LogP contribution in [0.1, 0.15) is 45.1 Å². The second kappa shape index (κ2) is 12.1. The number of carbonyl (C=O) groups is 1. The maximum absolute atomic E-state index is 15.5. The van der Waals surface area contributed by atoms with Crippen LogP contribution in [0.2, 0.25) is 0 Å². The third-order valence-corrected chi connectivity index (χ3v) is 11.9. The first-order chi connectivity index (χ1) is 24.2. The van der Waals surface area contributed by atoms with Crippen LogP contribution < -0.4 is 15.1 Å². The monoisotopic (exact) mass is 694 g/mol. The van der Waals surface area contributed by atoms with Crippen molar-refractivity contribution in [1.82, 2.24) is 24.5 Å². The van der Waals surface area contributed by atoms with Crippen LogP contribution in [-0.4, -0.2) is 87.5 Å². The lowest BCUT2D eigenvalue weighted by Crippen LogP contribution is -2.56. The molecule has 4 aliphatic rings. The zero-order valence-electron chi connectivity index (χ0n) is 28.2. The van der Waals surface area contributed by atoms with Crippen molar-refractivity contribution in [1.29, 1.82) is 0 Å². The van der Waals surface area contributed by atoms with Crippen LogP contribution in [0.15, 0.2) is 48.9 Å². The summed E-state index contributed by atoms with van der Waals surface area (Å²) in [5.74, 6) is -0.0221. The van der Waals surface area contributed by atoms with E-state index in [0.717, 1.165) is 68.4 Å². The quantitative estimate of drug-likeness (QED) is 0.241. The summed E-state index contributed by atoms with van der Waals surface area (Å²) >= 11 is 1.58. The summed E-state index contributed by atoms with van der Waals surface area (Å²) in [6.07, 6.45) is 7.89. The number of rotatable bonds is 7. The summed E-state index contributed by atoms with van der Waals surface area (Å²) in [6, 6.07) is 9.07. The number of aliphatic hydroxyl groups excluding tert-OH is 1. The molecule has 0 saturated carbocycles. The molecule has 2 fully saturated rings. The summed E-state index contributed by atoms with van der Waals surface area (Å²) in [6.45, 7) is 10.1. The van der Waals surface area contributed by atoms with E-state index in [1.165, 1.54) is 22.6 Å². The number of benzene rings is 1. The number of hydrogen-bond acceptors (Lipinski definition) is 10. The Hall–Kier alpha value is -4.43. The fraction of sp³-hybridized carbons (Fsp3) is 0.405. The molecule has 0 radical (unpaired) electrons. The molecule has 3 aliphatic heterocycles. The topological polar surface area (TPSA) is 111 Å². The Bertz CT molecular complexity index is 2120. The first-order valence-corrected chi connectivity index (χ1v) is 18.1. The van der Waals surface area contributed by atoms with Gasteiger partial charge in [0.1, 0.15) is 11.6 Å². The fourth-order valence-corrected chi connectivity index (χ4v) is 9.53. The molecule has 0 atom stereocenters. The van der Waals surface area contributed by atoms with Gasteiger partial charge in [0.05, 0.1) is 59.7 Å². The van der Waals surface area contributed by atoms with Crippen molar-refractivity contribution >= 4 is 45.8 Å². The Labute approximate surface area is 293 Å². The number of piperazine rings is 1. The summed E-state index contributed by atoms with van der Waals surface area (Å²) in [5.41, 5.74) is 6.59. The Balaban J connectivity index is 1.00. The van der Waals surface area contributed by atoms with Gasteiger partial charge < -0.3 is 25.0 Å². The second-order valence-corrected chi connectivity index (χ2v) is 15.6. The minimum Gasteiger partial charge on any atom is -0.392 e. The molecule has 7 heterocycles. The van der Waals surface area contributed by atoms with Gasteiger partial charge in [0.15, 0.2) is 5.65 Å². The number of hydrogen-bond donors (Lipinski definition) is 2. The van der Waals surface area contributed by atoms with Gasteiger partial charge in [0.2, 0.25) is 0 Å². The molecular formula is C37H39FN8O3S. The van der Waals surface area contributed by atoms with Crippen LogP contribution in [-0.2, 0) is 30.6 Å². The van der Waals surface area contributed by atoms with E-state index in [9.17, 15) is 9.90 Å². The molecule has 11 nitrogen and oxygen atoms in total. The highest BCUT2D eigenvalue weighted by atomic mass is 32.1. The van der Waals surface area contributed by atoms with Crippen LogP contribution in [0.4, 0.5) is 27.3 Å². The molecular weight excluding hydrogens is 656 g/mol. The summed E-state index contributed by atoms with van der Waals surface area (Å²) in [7, 11) is 0. The molecule has 9 rings (SSSR count). The van der Waals surface area contributed by atoms with E-state index in [1.54, 1.807) is 39.2 Å². The maximum atomic E-state index is 15.5. The molecule has 1 aromatic carbocycles. The maximum Gasteiger partial charge on any atom is 0.268 e. The van der Waals surface area contributed by atoms with Gasteiger partial charge in [0, 0.05) is 61.1 Å². The van der Waals surface area contributed by atoms with Crippen LogP contribution >= 0.6 is 11.3 Å². The SMILES string of the molecule is CC1(C)Cc2sc3c(c2C1)CCN(c1cc(F)cc(-c2cc(Nc4ccc(N5CCN(C6COC6)CC5)cn4)c4nccn4n2)c1CO)C3=O. The molecule has 0 unspecified atom stereocenters. The van der Waals surface area contributed by atoms with E-state index in [1.807, 2.05) is 12.3 Å². The number of nitrogens with one attached hydrogen (secondary N) is 1. The average Bonchev–Trinajstić information content (AvgIpc) is 3.77. The molecule has 2 saturated heterocycles. The Morgan fingerprint density at radius 2 is 1.90 bits per heavy atom. The lowest BCUT2D eigenvalue weighted by atomic mass is 9.89. The molecule has 2 N–H and O–H groups in total. The van der Waals surface area contributed by atoms with Gasteiger partial charge in [-0.05, 0) is 66.1 Å². The lowest BCUT2D eigenvalue weighted by molar-refractivity contribution is -0.0660. The Morgan fingerprint density at radius 3 is 2.64 bits per heavy atom. The van der Waals surface area contributed by atoms with Gasteiger partial charge in [-0.15, -0.1) is 11.3 Å².